The van der Waals surface area contributed by atoms with Crippen molar-refractivity contribution >= 4 is 17.4 Å². The van der Waals surface area contributed by atoms with E-state index < -0.39 is 0 Å². The Labute approximate surface area is 157 Å². The first-order chi connectivity index (χ1) is 13.0. The summed E-state index contributed by atoms with van der Waals surface area (Å²) in [6.07, 6.45) is 3.40. The van der Waals surface area contributed by atoms with Crippen LogP contribution >= 0.6 is 0 Å². The van der Waals surface area contributed by atoms with Gasteiger partial charge in [0.05, 0.1) is 12.8 Å². The Bertz CT molecular complexity index is 944. The lowest BCUT2D eigenvalue weighted by Gasteiger charge is -2.13. The van der Waals surface area contributed by atoms with Gasteiger partial charge in [0.1, 0.15) is 23.1 Å². The molecule has 3 rings (SSSR count). The number of nitrogens with zero attached hydrogens (tertiary/aromatic N) is 3. The van der Waals surface area contributed by atoms with E-state index in [0.717, 1.165) is 16.8 Å². The number of amides is 1. The molecule has 0 aliphatic heterocycles. The van der Waals surface area contributed by atoms with Crippen LogP contribution in [0.3, 0.4) is 0 Å². The zero-order valence-electron chi connectivity index (χ0n) is 15.5. The summed E-state index contributed by atoms with van der Waals surface area (Å²) in [4.78, 5) is 25.1. The van der Waals surface area contributed by atoms with Crippen molar-refractivity contribution in [2.45, 2.75) is 20.4 Å². The standard InChI is InChI=1S/C20H21N5O2/c1-13-6-7-18(27-3)16(9-13)25-19-10-17(23-14(2)24-19)20(26)22-12-15-5-4-8-21-11-15/h4-11H,12H2,1-3H3,(H,22,26)(H,23,24,25). The minimum absolute atomic E-state index is 0.274. The maximum atomic E-state index is 12.5. The molecule has 2 aromatic heterocycles. The lowest BCUT2D eigenvalue weighted by atomic mass is 10.2. The highest BCUT2D eigenvalue weighted by Gasteiger charge is 2.12. The van der Waals surface area contributed by atoms with E-state index in [1.807, 2.05) is 37.3 Å². The number of carbonyl (C=O) groups excluding carboxylic acids is 1. The molecule has 1 amide bonds. The molecule has 0 unspecified atom stereocenters. The Hall–Kier alpha value is -3.48. The summed E-state index contributed by atoms with van der Waals surface area (Å²) in [5.41, 5.74) is 3.07. The van der Waals surface area contributed by atoms with Crippen LogP contribution in [-0.2, 0) is 6.54 Å². The van der Waals surface area contributed by atoms with Crippen molar-refractivity contribution in [3.05, 3.63) is 71.4 Å². The molecule has 138 valence electrons. The largest absolute Gasteiger partial charge is 0.495 e. The molecule has 0 aliphatic carbocycles. The van der Waals surface area contributed by atoms with Gasteiger partial charge in [-0.25, -0.2) is 9.97 Å². The van der Waals surface area contributed by atoms with Crippen LogP contribution in [0.15, 0.2) is 48.8 Å². The van der Waals surface area contributed by atoms with Crippen molar-refractivity contribution in [2.24, 2.45) is 0 Å². The number of pyridine rings is 1. The van der Waals surface area contributed by atoms with Crippen molar-refractivity contribution in [3.8, 4) is 5.75 Å². The highest BCUT2D eigenvalue weighted by atomic mass is 16.5. The topological polar surface area (TPSA) is 89.0 Å². The van der Waals surface area contributed by atoms with Gasteiger partial charge >= 0.3 is 0 Å². The van der Waals surface area contributed by atoms with Crippen LogP contribution in [0.2, 0.25) is 0 Å². The normalized spacial score (nSPS) is 10.3. The lowest BCUT2D eigenvalue weighted by molar-refractivity contribution is 0.0945. The Kier molecular flexibility index (Phi) is 5.61. The highest BCUT2D eigenvalue weighted by Crippen LogP contribution is 2.28. The van der Waals surface area contributed by atoms with Crippen molar-refractivity contribution in [2.75, 3.05) is 12.4 Å². The Morgan fingerprint density at radius 1 is 1.15 bits per heavy atom. The van der Waals surface area contributed by atoms with Crippen molar-refractivity contribution in [3.63, 3.8) is 0 Å². The van der Waals surface area contributed by atoms with Crippen LogP contribution in [0.25, 0.3) is 0 Å². The van der Waals surface area contributed by atoms with Crippen LogP contribution in [0.1, 0.15) is 27.4 Å². The number of rotatable bonds is 6. The molecule has 0 saturated heterocycles. The summed E-state index contributed by atoms with van der Waals surface area (Å²) >= 11 is 0. The van der Waals surface area contributed by atoms with Gasteiger partial charge in [-0.15, -0.1) is 0 Å². The van der Waals surface area contributed by atoms with E-state index in [1.165, 1.54) is 0 Å². The molecule has 0 radical (unpaired) electrons. The summed E-state index contributed by atoms with van der Waals surface area (Å²) in [6.45, 7) is 4.12. The van der Waals surface area contributed by atoms with Gasteiger partial charge in [0.2, 0.25) is 0 Å². The van der Waals surface area contributed by atoms with Crippen molar-refractivity contribution in [1.29, 1.82) is 0 Å². The number of aryl methyl sites for hydroxylation is 2. The molecule has 0 aliphatic rings. The van der Waals surface area contributed by atoms with Crippen LogP contribution in [0, 0.1) is 13.8 Å². The smallest absolute Gasteiger partial charge is 0.270 e. The Balaban J connectivity index is 1.78. The molecule has 2 N–H and O–H groups in total. The zero-order chi connectivity index (χ0) is 19.2. The second kappa shape index (κ2) is 8.27. The maximum absolute atomic E-state index is 12.5. The summed E-state index contributed by atoms with van der Waals surface area (Å²) in [5, 5.41) is 6.05. The van der Waals surface area contributed by atoms with Gasteiger partial charge < -0.3 is 15.4 Å². The van der Waals surface area contributed by atoms with Crippen LogP contribution in [-0.4, -0.2) is 28.0 Å². The fourth-order valence-corrected chi connectivity index (χ4v) is 2.58. The van der Waals surface area contributed by atoms with Crippen molar-refractivity contribution in [1.82, 2.24) is 20.3 Å². The molecule has 0 saturated carbocycles. The summed E-state index contributed by atoms with van der Waals surface area (Å²) in [7, 11) is 1.61. The van der Waals surface area contributed by atoms with E-state index in [0.29, 0.717) is 29.6 Å². The highest BCUT2D eigenvalue weighted by molar-refractivity contribution is 5.93. The second-order valence-corrected chi connectivity index (χ2v) is 6.06. The van der Waals surface area contributed by atoms with Gasteiger partial charge in [0.15, 0.2) is 0 Å². The van der Waals surface area contributed by atoms with Gasteiger partial charge in [-0.3, -0.25) is 9.78 Å². The number of methoxy groups -OCH3 is 1. The molecule has 7 heteroatoms. The molecule has 2 heterocycles. The molecule has 0 spiro atoms. The van der Waals surface area contributed by atoms with E-state index >= 15 is 0 Å². The Morgan fingerprint density at radius 3 is 2.74 bits per heavy atom. The molecule has 0 atom stereocenters. The van der Waals surface area contributed by atoms with Crippen LogP contribution < -0.4 is 15.4 Å². The number of nitrogens with one attached hydrogen (secondary N) is 2. The van der Waals surface area contributed by atoms with E-state index in [1.54, 1.807) is 32.5 Å². The van der Waals surface area contributed by atoms with Gasteiger partial charge in [-0.2, -0.15) is 0 Å². The summed E-state index contributed by atoms with van der Waals surface area (Å²) < 4.78 is 5.38. The second-order valence-electron chi connectivity index (χ2n) is 6.06. The maximum Gasteiger partial charge on any atom is 0.270 e. The molecular weight excluding hydrogens is 342 g/mol. The van der Waals surface area contributed by atoms with Crippen LogP contribution in [0.5, 0.6) is 5.75 Å². The Morgan fingerprint density at radius 2 is 2.00 bits per heavy atom. The number of carbonyl (C=O) groups is 1. The lowest BCUT2D eigenvalue weighted by Crippen LogP contribution is -2.24. The quantitative estimate of drug-likeness (QED) is 0.699. The number of anilines is 2. The average Bonchev–Trinajstić information content (AvgIpc) is 2.66. The van der Waals surface area contributed by atoms with E-state index in [9.17, 15) is 4.79 Å². The SMILES string of the molecule is COc1ccc(C)cc1Nc1cc(C(=O)NCc2cccnc2)nc(C)n1. The molecule has 27 heavy (non-hydrogen) atoms. The number of aromatic nitrogens is 3. The summed E-state index contributed by atoms with van der Waals surface area (Å²) in [6, 6.07) is 11.1. The van der Waals surface area contributed by atoms with Gasteiger partial charge in [-0.1, -0.05) is 12.1 Å². The third-order valence-corrected chi connectivity index (χ3v) is 3.86. The number of ether oxygens (including phenoxy) is 1. The van der Waals surface area contributed by atoms with Gasteiger partial charge in [-0.05, 0) is 43.2 Å². The monoisotopic (exact) mass is 363 g/mol. The minimum Gasteiger partial charge on any atom is -0.495 e. The van der Waals surface area contributed by atoms with Gasteiger partial charge in [0.25, 0.3) is 5.91 Å². The molecule has 1 aromatic carbocycles. The van der Waals surface area contributed by atoms with E-state index in [2.05, 4.69) is 25.6 Å². The fraction of sp³-hybridized carbons (Fsp3) is 0.200. The zero-order valence-corrected chi connectivity index (χ0v) is 15.5. The summed E-state index contributed by atoms with van der Waals surface area (Å²) in [5.74, 6) is 1.44. The van der Waals surface area contributed by atoms with Gasteiger partial charge in [0, 0.05) is 25.0 Å². The minimum atomic E-state index is -0.274. The first-order valence-corrected chi connectivity index (χ1v) is 8.49. The number of benzene rings is 1. The predicted octanol–water partition coefficient (Wildman–Crippen LogP) is 3.17. The molecule has 3 aromatic rings. The number of hydrogen-bond donors (Lipinski definition) is 2. The molecule has 0 fully saturated rings. The van der Waals surface area contributed by atoms with Crippen molar-refractivity contribution < 1.29 is 9.53 Å². The molecule has 0 bridgehead atoms. The van der Waals surface area contributed by atoms with E-state index in [-0.39, 0.29) is 5.91 Å². The predicted molar refractivity (Wildman–Crippen MR) is 103 cm³/mol. The van der Waals surface area contributed by atoms with E-state index in [4.69, 9.17) is 4.74 Å². The molecule has 7 nitrogen and oxygen atoms in total. The molecular formula is C20H21N5O2. The first-order valence-electron chi connectivity index (χ1n) is 8.49. The third-order valence-electron chi connectivity index (χ3n) is 3.86. The fourth-order valence-electron chi connectivity index (χ4n) is 2.58. The van der Waals surface area contributed by atoms with Crippen LogP contribution in [0.4, 0.5) is 11.5 Å². The number of hydrogen-bond acceptors (Lipinski definition) is 6. The first kappa shape index (κ1) is 18.3. The average molecular weight is 363 g/mol. The third kappa shape index (κ3) is 4.78.